The molecule has 1 saturated heterocycles. The summed E-state index contributed by atoms with van der Waals surface area (Å²) in [6.07, 6.45) is 4.57. The number of nitrogens with one attached hydrogen (secondary N) is 2. The number of benzene rings is 1. The Bertz CT molecular complexity index is 970. The molecular formula is C21H23N7O. The van der Waals surface area contributed by atoms with Gasteiger partial charge in [-0.3, -0.25) is 4.79 Å². The average molecular weight is 389 g/mol. The normalized spacial score (nSPS) is 13.3. The van der Waals surface area contributed by atoms with Crippen LogP contribution in [0, 0.1) is 0 Å². The summed E-state index contributed by atoms with van der Waals surface area (Å²) in [6, 6.07) is 12.8. The fraction of sp³-hybridized carbons (Fsp3) is 0.286. The van der Waals surface area contributed by atoms with Gasteiger partial charge in [-0.2, -0.15) is 15.0 Å². The molecule has 3 heterocycles. The number of aryl methyl sites for hydroxylation is 1. The number of rotatable bonds is 6. The van der Waals surface area contributed by atoms with Gasteiger partial charge in [0, 0.05) is 31.4 Å². The first-order valence-electron chi connectivity index (χ1n) is 9.80. The van der Waals surface area contributed by atoms with E-state index in [0.29, 0.717) is 23.3 Å². The van der Waals surface area contributed by atoms with E-state index in [1.54, 1.807) is 12.1 Å². The number of carbonyl (C=O) groups is 1. The molecule has 8 heteroatoms. The maximum atomic E-state index is 12.3. The second-order valence-corrected chi connectivity index (χ2v) is 6.80. The molecule has 29 heavy (non-hydrogen) atoms. The van der Waals surface area contributed by atoms with Crippen molar-refractivity contribution in [2.45, 2.75) is 26.2 Å². The lowest BCUT2D eigenvalue weighted by Crippen LogP contribution is -2.22. The van der Waals surface area contributed by atoms with E-state index in [0.717, 1.165) is 43.9 Å². The molecule has 0 aliphatic carbocycles. The number of hydrogen-bond acceptors (Lipinski definition) is 7. The predicted molar refractivity (Wildman–Crippen MR) is 113 cm³/mol. The summed E-state index contributed by atoms with van der Waals surface area (Å²) in [5, 5.41) is 5.97. The van der Waals surface area contributed by atoms with Crippen LogP contribution in [0.1, 0.15) is 35.9 Å². The second-order valence-electron chi connectivity index (χ2n) is 6.80. The molecule has 8 nitrogen and oxygen atoms in total. The first-order chi connectivity index (χ1) is 14.2. The molecule has 1 fully saturated rings. The number of pyridine rings is 1. The van der Waals surface area contributed by atoms with Crippen molar-refractivity contribution in [2.24, 2.45) is 0 Å². The van der Waals surface area contributed by atoms with E-state index in [4.69, 9.17) is 0 Å². The number of amides is 1. The third kappa shape index (κ3) is 4.66. The van der Waals surface area contributed by atoms with Crippen LogP contribution in [0.25, 0.3) is 0 Å². The lowest BCUT2D eigenvalue weighted by atomic mass is 10.2. The Morgan fingerprint density at radius 2 is 1.83 bits per heavy atom. The first kappa shape index (κ1) is 18.8. The quantitative estimate of drug-likeness (QED) is 0.667. The first-order valence-corrected chi connectivity index (χ1v) is 9.80. The van der Waals surface area contributed by atoms with E-state index in [1.807, 2.05) is 37.3 Å². The third-order valence-corrected chi connectivity index (χ3v) is 4.67. The van der Waals surface area contributed by atoms with Crippen LogP contribution in [-0.2, 0) is 6.42 Å². The van der Waals surface area contributed by atoms with Crippen LogP contribution in [-0.4, -0.2) is 38.9 Å². The summed E-state index contributed by atoms with van der Waals surface area (Å²) in [5.74, 6) is 2.27. The highest BCUT2D eigenvalue weighted by atomic mass is 16.1. The summed E-state index contributed by atoms with van der Waals surface area (Å²) in [7, 11) is 0. The summed E-state index contributed by atoms with van der Waals surface area (Å²) < 4.78 is 0. The van der Waals surface area contributed by atoms with Crippen LogP contribution in [0.15, 0.2) is 48.7 Å². The topological polar surface area (TPSA) is 95.9 Å². The number of anilines is 4. The van der Waals surface area contributed by atoms with Gasteiger partial charge in [0.05, 0.1) is 5.56 Å². The lowest BCUT2D eigenvalue weighted by Gasteiger charge is -2.16. The Balaban J connectivity index is 1.47. The summed E-state index contributed by atoms with van der Waals surface area (Å²) in [4.78, 5) is 32.4. The van der Waals surface area contributed by atoms with E-state index in [9.17, 15) is 4.79 Å². The van der Waals surface area contributed by atoms with Crippen molar-refractivity contribution in [1.82, 2.24) is 19.9 Å². The van der Waals surface area contributed by atoms with Crippen molar-refractivity contribution in [3.8, 4) is 0 Å². The highest BCUT2D eigenvalue weighted by molar-refractivity contribution is 6.04. The molecule has 148 valence electrons. The average Bonchev–Trinajstić information content (AvgIpc) is 3.30. The number of carbonyl (C=O) groups excluding carboxylic acids is 1. The summed E-state index contributed by atoms with van der Waals surface area (Å²) >= 11 is 0. The van der Waals surface area contributed by atoms with E-state index in [2.05, 4.69) is 35.5 Å². The van der Waals surface area contributed by atoms with Crippen molar-refractivity contribution in [1.29, 1.82) is 0 Å². The highest BCUT2D eigenvalue weighted by Crippen LogP contribution is 2.19. The Morgan fingerprint density at radius 3 is 2.52 bits per heavy atom. The van der Waals surface area contributed by atoms with E-state index < -0.39 is 0 Å². The molecule has 0 radical (unpaired) electrons. The van der Waals surface area contributed by atoms with Crippen LogP contribution in [0.5, 0.6) is 0 Å². The number of hydrogen-bond donors (Lipinski definition) is 2. The molecule has 0 bridgehead atoms. The van der Waals surface area contributed by atoms with Crippen LogP contribution >= 0.6 is 0 Å². The van der Waals surface area contributed by atoms with E-state index in [-0.39, 0.29) is 5.91 Å². The fourth-order valence-electron chi connectivity index (χ4n) is 3.12. The van der Waals surface area contributed by atoms with Gasteiger partial charge in [0.15, 0.2) is 0 Å². The monoisotopic (exact) mass is 389 g/mol. The third-order valence-electron chi connectivity index (χ3n) is 4.67. The minimum absolute atomic E-state index is 0.208. The fourth-order valence-corrected chi connectivity index (χ4v) is 3.12. The molecule has 2 aromatic heterocycles. The molecule has 0 atom stereocenters. The van der Waals surface area contributed by atoms with Gasteiger partial charge < -0.3 is 15.5 Å². The zero-order valence-electron chi connectivity index (χ0n) is 16.3. The highest BCUT2D eigenvalue weighted by Gasteiger charge is 2.17. The number of para-hydroxylation sites is 1. The number of aromatic nitrogens is 4. The van der Waals surface area contributed by atoms with Crippen LogP contribution in [0.4, 0.5) is 23.4 Å². The zero-order valence-corrected chi connectivity index (χ0v) is 16.3. The van der Waals surface area contributed by atoms with Gasteiger partial charge in [-0.15, -0.1) is 0 Å². The van der Waals surface area contributed by atoms with Crippen molar-refractivity contribution in [3.63, 3.8) is 0 Å². The van der Waals surface area contributed by atoms with Gasteiger partial charge in [0.1, 0.15) is 11.6 Å². The largest absolute Gasteiger partial charge is 0.341 e. The minimum Gasteiger partial charge on any atom is -0.341 e. The van der Waals surface area contributed by atoms with E-state index in [1.165, 1.54) is 6.20 Å². The van der Waals surface area contributed by atoms with Crippen molar-refractivity contribution >= 4 is 29.3 Å². The van der Waals surface area contributed by atoms with Crippen LogP contribution in [0.2, 0.25) is 0 Å². The molecule has 0 saturated carbocycles. The van der Waals surface area contributed by atoms with Crippen molar-refractivity contribution < 1.29 is 4.79 Å². The van der Waals surface area contributed by atoms with Crippen LogP contribution in [0.3, 0.4) is 0 Å². The summed E-state index contributed by atoms with van der Waals surface area (Å²) in [6.45, 7) is 3.96. The molecule has 4 rings (SSSR count). The molecule has 1 aliphatic rings. The smallest absolute Gasteiger partial charge is 0.257 e. The molecule has 1 aromatic carbocycles. The minimum atomic E-state index is -0.208. The SMILES string of the molecule is CCc1nc(Nc2ccc(C(=O)Nc3ccccc3)cn2)nc(N2CCCC2)n1. The predicted octanol–water partition coefficient (Wildman–Crippen LogP) is 3.43. The van der Waals surface area contributed by atoms with Gasteiger partial charge in [-0.25, -0.2) is 4.98 Å². The van der Waals surface area contributed by atoms with Gasteiger partial charge >= 0.3 is 0 Å². The number of nitrogens with zero attached hydrogens (tertiary/aromatic N) is 5. The molecule has 3 aromatic rings. The molecule has 1 amide bonds. The van der Waals surface area contributed by atoms with Crippen LogP contribution < -0.4 is 15.5 Å². The van der Waals surface area contributed by atoms with Gasteiger partial charge in [0.2, 0.25) is 11.9 Å². The Kier molecular flexibility index (Phi) is 5.60. The lowest BCUT2D eigenvalue weighted by molar-refractivity contribution is 0.102. The Hall–Kier alpha value is -3.55. The van der Waals surface area contributed by atoms with Gasteiger partial charge in [-0.1, -0.05) is 25.1 Å². The molecule has 0 spiro atoms. The molecule has 1 aliphatic heterocycles. The zero-order chi connectivity index (χ0) is 20.1. The molecule has 2 N–H and O–H groups in total. The van der Waals surface area contributed by atoms with Crippen molar-refractivity contribution in [2.75, 3.05) is 28.6 Å². The summed E-state index contributed by atoms with van der Waals surface area (Å²) in [5.41, 5.74) is 1.22. The van der Waals surface area contributed by atoms with Gasteiger partial charge in [-0.05, 0) is 37.1 Å². The van der Waals surface area contributed by atoms with Crippen molar-refractivity contribution in [3.05, 3.63) is 60.0 Å². The Morgan fingerprint density at radius 1 is 1.03 bits per heavy atom. The molecule has 0 unspecified atom stereocenters. The van der Waals surface area contributed by atoms with E-state index >= 15 is 0 Å². The maximum absolute atomic E-state index is 12.3. The second kappa shape index (κ2) is 8.64. The van der Waals surface area contributed by atoms with Gasteiger partial charge in [0.25, 0.3) is 5.91 Å². The molecular weight excluding hydrogens is 366 g/mol. The standard InChI is InChI=1S/C21H23N7O/c1-2-17-24-20(27-21(26-17)28-12-6-7-13-28)25-18-11-10-15(14-22-18)19(29)23-16-8-4-3-5-9-16/h3-5,8-11,14H,2,6-7,12-13H2,1H3,(H,23,29)(H,22,24,25,26,27). The maximum Gasteiger partial charge on any atom is 0.257 e. The Labute approximate surface area is 169 Å².